The normalized spacial score (nSPS) is 19.1. The fourth-order valence-electron chi connectivity index (χ4n) is 4.56. The van der Waals surface area contributed by atoms with Crippen LogP contribution in [0, 0.1) is 5.92 Å². The number of imidazole rings is 1. The van der Waals surface area contributed by atoms with Crippen molar-refractivity contribution in [2.45, 2.75) is 64.2 Å². The number of hydrogen-bond acceptors (Lipinski definition) is 3. The van der Waals surface area contributed by atoms with E-state index in [2.05, 4.69) is 46.5 Å². The van der Waals surface area contributed by atoms with Crippen LogP contribution in [0.4, 0.5) is 0 Å². The SMILES string of the molecule is CC(C)c1nccn1-c1cccc(C2CCN(C(=O)C3CCCC3)CC2)n1. The number of aromatic nitrogens is 3. The van der Waals surface area contributed by atoms with Gasteiger partial charge in [0.2, 0.25) is 5.91 Å². The summed E-state index contributed by atoms with van der Waals surface area (Å²) in [5.74, 6) is 3.46. The minimum absolute atomic E-state index is 0.290. The summed E-state index contributed by atoms with van der Waals surface area (Å²) < 4.78 is 2.09. The van der Waals surface area contributed by atoms with Crippen LogP contribution >= 0.6 is 0 Å². The lowest BCUT2D eigenvalue weighted by Crippen LogP contribution is -2.40. The standard InChI is InChI=1S/C22H30N4O/c1-16(2)21-23-12-15-26(21)20-9-5-8-19(24-20)17-10-13-25(14-11-17)22(27)18-6-3-4-7-18/h5,8-9,12,15-18H,3-4,6-7,10-11,13-14H2,1-2H3. The number of carbonyl (C=O) groups is 1. The van der Waals surface area contributed by atoms with Crippen LogP contribution in [0.1, 0.15) is 75.7 Å². The van der Waals surface area contributed by atoms with Crippen molar-refractivity contribution in [3.63, 3.8) is 0 Å². The van der Waals surface area contributed by atoms with Crippen molar-refractivity contribution >= 4 is 5.91 Å². The van der Waals surface area contributed by atoms with E-state index in [1.165, 1.54) is 12.8 Å². The number of rotatable bonds is 4. The molecule has 2 aromatic heterocycles. The average molecular weight is 367 g/mol. The molecule has 2 fully saturated rings. The number of hydrogen-bond donors (Lipinski definition) is 0. The summed E-state index contributed by atoms with van der Waals surface area (Å²) in [6, 6.07) is 6.28. The third-order valence-electron chi connectivity index (χ3n) is 6.12. The summed E-state index contributed by atoms with van der Waals surface area (Å²) in [5, 5.41) is 0. The number of carbonyl (C=O) groups excluding carboxylic acids is 1. The predicted octanol–water partition coefficient (Wildman–Crippen LogP) is 4.29. The van der Waals surface area contributed by atoms with Crippen LogP contribution in [0.3, 0.4) is 0 Å². The molecule has 0 bridgehead atoms. The molecule has 4 rings (SSSR count). The number of pyridine rings is 1. The molecule has 1 saturated heterocycles. The molecule has 1 amide bonds. The van der Waals surface area contributed by atoms with Crippen LogP contribution in [0.15, 0.2) is 30.6 Å². The molecule has 5 nitrogen and oxygen atoms in total. The summed E-state index contributed by atoms with van der Waals surface area (Å²) in [6.45, 7) is 6.04. The van der Waals surface area contributed by atoms with E-state index in [4.69, 9.17) is 4.98 Å². The van der Waals surface area contributed by atoms with Gasteiger partial charge in [0, 0.05) is 48.9 Å². The summed E-state index contributed by atoms with van der Waals surface area (Å²) >= 11 is 0. The second-order valence-electron chi connectivity index (χ2n) is 8.31. The van der Waals surface area contributed by atoms with E-state index in [0.29, 0.717) is 23.7 Å². The first-order chi connectivity index (χ1) is 13.1. The fourth-order valence-corrected chi connectivity index (χ4v) is 4.56. The zero-order valence-corrected chi connectivity index (χ0v) is 16.5. The molecule has 27 heavy (non-hydrogen) atoms. The number of piperidine rings is 1. The highest BCUT2D eigenvalue weighted by molar-refractivity contribution is 5.79. The van der Waals surface area contributed by atoms with Crippen molar-refractivity contribution in [3.8, 4) is 5.82 Å². The summed E-state index contributed by atoms with van der Waals surface area (Å²) in [5.41, 5.74) is 1.14. The molecule has 2 aromatic rings. The largest absolute Gasteiger partial charge is 0.342 e. The third kappa shape index (κ3) is 3.78. The molecule has 144 valence electrons. The lowest BCUT2D eigenvalue weighted by molar-refractivity contribution is -0.136. The van der Waals surface area contributed by atoms with Gasteiger partial charge in [0.1, 0.15) is 11.6 Å². The van der Waals surface area contributed by atoms with Crippen LogP contribution in [0.25, 0.3) is 5.82 Å². The van der Waals surface area contributed by atoms with Gasteiger partial charge in [-0.3, -0.25) is 9.36 Å². The Morgan fingerprint density at radius 3 is 2.56 bits per heavy atom. The molecule has 2 aliphatic rings. The number of amides is 1. The van der Waals surface area contributed by atoms with E-state index in [9.17, 15) is 4.79 Å². The Bertz CT molecular complexity index is 783. The van der Waals surface area contributed by atoms with Gasteiger partial charge < -0.3 is 4.90 Å². The Morgan fingerprint density at radius 1 is 1.11 bits per heavy atom. The monoisotopic (exact) mass is 366 g/mol. The van der Waals surface area contributed by atoms with E-state index in [-0.39, 0.29) is 0 Å². The third-order valence-corrected chi connectivity index (χ3v) is 6.12. The zero-order chi connectivity index (χ0) is 18.8. The average Bonchev–Trinajstić information content (AvgIpc) is 3.39. The molecule has 1 aliphatic carbocycles. The minimum Gasteiger partial charge on any atom is -0.342 e. The Labute approximate surface area is 161 Å². The van der Waals surface area contributed by atoms with Crippen molar-refractivity contribution in [1.82, 2.24) is 19.4 Å². The molecular formula is C22H30N4O. The quantitative estimate of drug-likeness (QED) is 0.811. The topological polar surface area (TPSA) is 51.0 Å². The van der Waals surface area contributed by atoms with Crippen LogP contribution < -0.4 is 0 Å². The molecule has 0 N–H and O–H groups in total. The van der Waals surface area contributed by atoms with Crippen LogP contribution in [0.2, 0.25) is 0 Å². The lowest BCUT2D eigenvalue weighted by Gasteiger charge is -2.33. The van der Waals surface area contributed by atoms with E-state index in [1.54, 1.807) is 0 Å². The molecule has 0 radical (unpaired) electrons. The maximum atomic E-state index is 12.7. The van der Waals surface area contributed by atoms with E-state index >= 15 is 0 Å². The van der Waals surface area contributed by atoms with Crippen molar-refractivity contribution in [3.05, 3.63) is 42.1 Å². The first-order valence-corrected chi connectivity index (χ1v) is 10.4. The van der Waals surface area contributed by atoms with Gasteiger partial charge in [-0.2, -0.15) is 0 Å². The maximum absolute atomic E-state index is 12.7. The van der Waals surface area contributed by atoms with Gasteiger partial charge in [-0.05, 0) is 37.8 Å². The number of likely N-dealkylation sites (tertiary alicyclic amines) is 1. The van der Waals surface area contributed by atoms with Gasteiger partial charge in [-0.15, -0.1) is 0 Å². The van der Waals surface area contributed by atoms with Gasteiger partial charge in [0.05, 0.1) is 0 Å². The van der Waals surface area contributed by atoms with Gasteiger partial charge in [0.25, 0.3) is 0 Å². The summed E-state index contributed by atoms with van der Waals surface area (Å²) in [6.07, 6.45) is 10.5. The van der Waals surface area contributed by atoms with Gasteiger partial charge in [-0.25, -0.2) is 9.97 Å². The second-order valence-corrected chi connectivity index (χ2v) is 8.31. The van der Waals surface area contributed by atoms with E-state index in [0.717, 1.165) is 56.1 Å². The lowest BCUT2D eigenvalue weighted by atomic mass is 9.92. The van der Waals surface area contributed by atoms with Crippen molar-refractivity contribution in [1.29, 1.82) is 0 Å². The second kappa shape index (κ2) is 7.83. The molecule has 0 aromatic carbocycles. The highest BCUT2D eigenvalue weighted by Crippen LogP contribution is 2.31. The molecule has 3 heterocycles. The van der Waals surface area contributed by atoms with Crippen LogP contribution in [-0.2, 0) is 4.79 Å². The highest BCUT2D eigenvalue weighted by Gasteiger charge is 2.30. The Kier molecular flexibility index (Phi) is 5.28. The molecule has 0 spiro atoms. The van der Waals surface area contributed by atoms with Crippen LogP contribution in [0.5, 0.6) is 0 Å². The highest BCUT2D eigenvalue weighted by atomic mass is 16.2. The first kappa shape index (κ1) is 18.2. The smallest absolute Gasteiger partial charge is 0.225 e. The Hall–Kier alpha value is -2.17. The fraction of sp³-hybridized carbons (Fsp3) is 0.591. The molecule has 1 aliphatic heterocycles. The Morgan fingerprint density at radius 2 is 1.85 bits per heavy atom. The Balaban J connectivity index is 1.44. The minimum atomic E-state index is 0.290. The predicted molar refractivity (Wildman–Crippen MR) is 106 cm³/mol. The summed E-state index contributed by atoms with van der Waals surface area (Å²) in [7, 11) is 0. The van der Waals surface area contributed by atoms with Gasteiger partial charge >= 0.3 is 0 Å². The summed E-state index contributed by atoms with van der Waals surface area (Å²) in [4.78, 5) is 24.2. The number of nitrogens with zero attached hydrogens (tertiary/aromatic N) is 4. The van der Waals surface area contributed by atoms with Crippen molar-refractivity contribution in [2.24, 2.45) is 5.92 Å². The molecular weight excluding hydrogens is 336 g/mol. The van der Waals surface area contributed by atoms with E-state index < -0.39 is 0 Å². The first-order valence-electron chi connectivity index (χ1n) is 10.4. The maximum Gasteiger partial charge on any atom is 0.225 e. The van der Waals surface area contributed by atoms with E-state index in [1.807, 2.05) is 12.4 Å². The van der Waals surface area contributed by atoms with Crippen molar-refractivity contribution in [2.75, 3.05) is 13.1 Å². The zero-order valence-electron chi connectivity index (χ0n) is 16.5. The molecule has 5 heteroatoms. The molecule has 1 saturated carbocycles. The molecule has 0 atom stereocenters. The van der Waals surface area contributed by atoms with Gasteiger partial charge in [0.15, 0.2) is 0 Å². The van der Waals surface area contributed by atoms with Gasteiger partial charge in [-0.1, -0.05) is 32.8 Å². The van der Waals surface area contributed by atoms with Crippen LogP contribution in [-0.4, -0.2) is 38.4 Å². The van der Waals surface area contributed by atoms with Crippen molar-refractivity contribution < 1.29 is 4.79 Å². The molecule has 0 unspecified atom stereocenters.